The Labute approximate surface area is 274 Å². The van der Waals surface area contributed by atoms with Crippen molar-refractivity contribution in [2.24, 2.45) is 5.92 Å². The summed E-state index contributed by atoms with van der Waals surface area (Å²) in [5.74, 6) is -1.29. The van der Waals surface area contributed by atoms with Crippen molar-refractivity contribution in [2.75, 3.05) is 28.6 Å². The number of piperidine rings is 1. The lowest BCUT2D eigenvalue weighted by Crippen LogP contribution is -2.30. The van der Waals surface area contributed by atoms with Gasteiger partial charge in [0, 0.05) is 36.3 Å². The van der Waals surface area contributed by atoms with Crippen molar-refractivity contribution in [3.63, 3.8) is 0 Å². The Morgan fingerprint density at radius 1 is 0.894 bits per heavy atom. The molecule has 246 valence electrons. The number of halogens is 1. The maximum absolute atomic E-state index is 14.2. The fourth-order valence-electron chi connectivity index (χ4n) is 6.28. The number of amides is 2. The zero-order valence-corrected chi connectivity index (χ0v) is 27.3. The molecule has 47 heavy (non-hydrogen) atoms. The first-order valence-corrected chi connectivity index (χ1v) is 16.5. The molecule has 1 aliphatic heterocycles. The number of carbonyl (C=O) groups is 3. The Bertz CT molecular complexity index is 1800. The normalized spacial score (nSPS) is 15.3. The minimum absolute atomic E-state index is 0.207. The first kappa shape index (κ1) is 32.2. The highest BCUT2D eigenvalue weighted by atomic mass is 19.1. The number of nitrogens with zero attached hydrogens (tertiary/aromatic N) is 3. The van der Waals surface area contributed by atoms with Crippen LogP contribution in [0, 0.1) is 11.7 Å². The molecule has 1 aliphatic carbocycles. The van der Waals surface area contributed by atoms with Gasteiger partial charge in [-0.3, -0.25) is 19.1 Å². The first-order valence-electron chi connectivity index (χ1n) is 16.5. The molecule has 1 saturated heterocycles. The van der Waals surface area contributed by atoms with Crippen molar-refractivity contribution in [1.82, 2.24) is 9.78 Å². The van der Waals surface area contributed by atoms with Gasteiger partial charge in [0.05, 0.1) is 23.3 Å². The Balaban J connectivity index is 1.28. The van der Waals surface area contributed by atoms with Crippen LogP contribution in [0.2, 0.25) is 0 Å². The fraction of sp³-hybridized carbons (Fsp3) is 0.405. The summed E-state index contributed by atoms with van der Waals surface area (Å²) in [5.41, 5.74) is 2.82. The number of nitrogens with one attached hydrogen (secondary N) is 2. The molecule has 1 aromatic heterocycles. The van der Waals surface area contributed by atoms with Crippen molar-refractivity contribution in [3.8, 4) is 0 Å². The molecule has 4 aromatic rings. The van der Waals surface area contributed by atoms with Crippen LogP contribution in [0.25, 0.3) is 10.9 Å². The molecule has 0 atom stereocenters. The Hall–Kier alpha value is -4.73. The molecule has 0 bridgehead atoms. The molecule has 3 aromatic carbocycles. The number of fused-ring (bicyclic) bond motifs is 1. The summed E-state index contributed by atoms with van der Waals surface area (Å²) < 4.78 is 21.6. The molecule has 0 unspecified atom stereocenters. The van der Waals surface area contributed by atoms with Gasteiger partial charge in [0.15, 0.2) is 5.69 Å². The van der Waals surface area contributed by atoms with E-state index in [0.29, 0.717) is 34.1 Å². The van der Waals surface area contributed by atoms with Crippen LogP contribution < -0.4 is 15.5 Å². The maximum atomic E-state index is 14.2. The third-order valence-corrected chi connectivity index (χ3v) is 8.80. The first-order chi connectivity index (χ1) is 22.5. The summed E-state index contributed by atoms with van der Waals surface area (Å²) in [6.07, 6.45) is 6.59. The third-order valence-electron chi connectivity index (χ3n) is 8.80. The molecule has 0 radical (unpaired) electrons. The van der Waals surface area contributed by atoms with Gasteiger partial charge in [0.25, 0.3) is 11.8 Å². The van der Waals surface area contributed by atoms with E-state index in [1.54, 1.807) is 32.9 Å². The van der Waals surface area contributed by atoms with Crippen LogP contribution >= 0.6 is 0 Å². The molecule has 2 aliphatic rings. The van der Waals surface area contributed by atoms with E-state index in [0.717, 1.165) is 55.5 Å². The molecular formula is C37H42FN5O4. The van der Waals surface area contributed by atoms with Crippen LogP contribution in [0.1, 0.15) is 85.7 Å². The van der Waals surface area contributed by atoms with E-state index in [4.69, 9.17) is 9.84 Å². The molecule has 2 heterocycles. The SMILES string of the molecule is CC(C)(C)OC(=O)Cc1cc(F)ccc1NC(=O)c1ccc(N2CCCCC2)c(NC(=O)c2nn(CC3CCC3)c3ccccc23)c1. The van der Waals surface area contributed by atoms with Crippen LogP contribution in [-0.2, 0) is 22.5 Å². The lowest BCUT2D eigenvalue weighted by Gasteiger charge is -2.30. The minimum atomic E-state index is -0.703. The van der Waals surface area contributed by atoms with Crippen LogP contribution in [0.4, 0.5) is 21.5 Å². The average Bonchev–Trinajstić information content (AvgIpc) is 3.38. The van der Waals surface area contributed by atoms with Gasteiger partial charge in [-0.05, 0) is 107 Å². The quantitative estimate of drug-likeness (QED) is 0.186. The van der Waals surface area contributed by atoms with Gasteiger partial charge in [-0.1, -0.05) is 24.6 Å². The van der Waals surface area contributed by atoms with Gasteiger partial charge in [-0.25, -0.2) is 4.39 Å². The van der Waals surface area contributed by atoms with E-state index in [9.17, 15) is 18.8 Å². The molecule has 0 spiro atoms. The van der Waals surface area contributed by atoms with Gasteiger partial charge >= 0.3 is 5.97 Å². The highest BCUT2D eigenvalue weighted by Crippen LogP contribution is 2.33. The second-order valence-corrected chi connectivity index (χ2v) is 13.6. The van der Waals surface area contributed by atoms with Crippen LogP contribution in [-0.4, -0.2) is 46.3 Å². The lowest BCUT2D eigenvalue weighted by atomic mass is 9.85. The largest absolute Gasteiger partial charge is 0.460 e. The summed E-state index contributed by atoms with van der Waals surface area (Å²) in [7, 11) is 0. The molecule has 10 heteroatoms. The van der Waals surface area contributed by atoms with Gasteiger partial charge < -0.3 is 20.3 Å². The summed E-state index contributed by atoms with van der Waals surface area (Å²) >= 11 is 0. The number of benzene rings is 3. The molecular weight excluding hydrogens is 597 g/mol. The summed E-state index contributed by atoms with van der Waals surface area (Å²) in [6, 6.07) is 16.9. The number of anilines is 3. The Kier molecular flexibility index (Phi) is 9.29. The van der Waals surface area contributed by atoms with Gasteiger partial charge in [0.1, 0.15) is 11.4 Å². The van der Waals surface area contributed by atoms with Crippen LogP contribution in [0.5, 0.6) is 0 Å². The molecule has 6 rings (SSSR count). The lowest BCUT2D eigenvalue weighted by molar-refractivity contribution is -0.153. The number of para-hydroxylation sites is 1. The summed E-state index contributed by atoms with van der Waals surface area (Å²) in [5, 5.41) is 11.5. The highest BCUT2D eigenvalue weighted by molar-refractivity contribution is 6.13. The zero-order chi connectivity index (χ0) is 33.1. The summed E-state index contributed by atoms with van der Waals surface area (Å²) in [6.45, 7) is 7.74. The zero-order valence-electron chi connectivity index (χ0n) is 27.3. The number of hydrogen-bond donors (Lipinski definition) is 2. The fourth-order valence-corrected chi connectivity index (χ4v) is 6.28. The van der Waals surface area contributed by atoms with Crippen molar-refractivity contribution in [3.05, 3.63) is 83.3 Å². The van der Waals surface area contributed by atoms with Gasteiger partial charge in [0.2, 0.25) is 0 Å². The maximum Gasteiger partial charge on any atom is 0.310 e. The second-order valence-electron chi connectivity index (χ2n) is 13.6. The monoisotopic (exact) mass is 639 g/mol. The molecule has 9 nitrogen and oxygen atoms in total. The number of esters is 1. The summed E-state index contributed by atoms with van der Waals surface area (Å²) in [4.78, 5) is 42.3. The Morgan fingerprint density at radius 2 is 1.64 bits per heavy atom. The van der Waals surface area contributed by atoms with Crippen molar-refractivity contribution < 1.29 is 23.5 Å². The third kappa shape index (κ3) is 7.64. The Morgan fingerprint density at radius 3 is 2.36 bits per heavy atom. The van der Waals surface area contributed by atoms with E-state index in [2.05, 4.69) is 15.5 Å². The molecule has 2 N–H and O–H groups in total. The van der Waals surface area contributed by atoms with E-state index in [1.165, 1.54) is 37.5 Å². The number of rotatable bonds is 9. The number of hydrogen-bond acceptors (Lipinski definition) is 6. The van der Waals surface area contributed by atoms with Gasteiger partial charge in [-0.15, -0.1) is 0 Å². The van der Waals surface area contributed by atoms with Crippen molar-refractivity contribution in [1.29, 1.82) is 0 Å². The predicted octanol–water partition coefficient (Wildman–Crippen LogP) is 7.35. The van der Waals surface area contributed by atoms with Gasteiger partial charge in [-0.2, -0.15) is 5.10 Å². The smallest absolute Gasteiger partial charge is 0.310 e. The average molecular weight is 640 g/mol. The predicted molar refractivity (Wildman–Crippen MR) is 181 cm³/mol. The second kappa shape index (κ2) is 13.6. The highest BCUT2D eigenvalue weighted by Gasteiger charge is 2.25. The molecule has 2 amide bonds. The van der Waals surface area contributed by atoms with E-state index in [1.807, 2.05) is 35.0 Å². The minimum Gasteiger partial charge on any atom is -0.460 e. The van der Waals surface area contributed by atoms with Crippen molar-refractivity contribution >= 4 is 45.7 Å². The molecule has 2 fully saturated rings. The number of carbonyl (C=O) groups excluding carboxylic acids is 3. The van der Waals surface area contributed by atoms with E-state index < -0.39 is 23.3 Å². The number of ether oxygens (including phenoxy) is 1. The van der Waals surface area contributed by atoms with Crippen LogP contribution in [0.15, 0.2) is 60.7 Å². The van der Waals surface area contributed by atoms with Crippen LogP contribution in [0.3, 0.4) is 0 Å². The van der Waals surface area contributed by atoms with E-state index in [-0.39, 0.29) is 12.3 Å². The topological polar surface area (TPSA) is 106 Å². The standard InChI is InChI=1S/C37H42FN5O4/c1-37(2,3)47-33(44)22-26-20-27(38)15-16-29(26)39-35(45)25-14-17-32(42-18-7-4-8-19-42)30(21-25)40-36(46)34-28-12-5-6-13-31(28)43(41-34)23-24-10-9-11-24/h5-6,12-17,20-21,24H,4,7-11,18-19,22-23H2,1-3H3,(H,39,45)(H,40,46). The van der Waals surface area contributed by atoms with Crippen molar-refractivity contribution in [2.45, 2.75) is 77.9 Å². The molecule has 1 saturated carbocycles. The van der Waals surface area contributed by atoms with E-state index >= 15 is 0 Å². The number of aromatic nitrogens is 2.